The van der Waals surface area contributed by atoms with Crippen LogP contribution in [0.25, 0.3) is 0 Å². The van der Waals surface area contributed by atoms with Crippen LogP contribution < -0.4 is 5.32 Å². The Kier molecular flexibility index (Phi) is 43.7. The van der Waals surface area contributed by atoms with Crippen LogP contribution in [-0.2, 0) is 32.2 Å². The van der Waals surface area contributed by atoms with Gasteiger partial charge in [0, 0.05) is 59.3 Å². The van der Waals surface area contributed by atoms with Crippen LogP contribution in [0.5, 0.6) is 0 Å². The van der Waals surface area contributed by atoms with Gasteiger partial charge in [0.05, 0.1) is 20.3 Å². The second kappa shape index (κ2) is 45.4. The molecule has 0 amide bonds. The normalized spacial score (nSPS) is 19.8. The first-order chi connectivity index (χ1) is 34.8. The number of likely N-dealkylation sites (N-methyl/N-ethyl adjacent to an activating group) is 1. The Morgan fingerprint density at radius 2 is 1.25 bits per heavy atom. The molecule has 14 heteroatoms. The number of hydrogen-bond donors (Lipinski definition) is 3. The molecule has 0 bridgehead atoms. The highest BCUT2D eigenvalue weighted by Gasteiger charge is 2.40. The van der Waals surface area contributed by atoms with Crippen LogP contribution in [0.3, 0.4) is 0 Å². The Labute approximate surface area is 448 Å². The molecule has 0 aliphatic heterocycles. The molecule has 72 heavy (non-hydrogen) atoms. The molecule has 0 aromatic heterocycles. The van der Waals surface area contributed by atoms with Gasteiger partial charge in [-0.1, -0.05) is 167 Å². The summed E-state index contributed by atoms with van der Waals surface area (Å²) in [5.74, 6) is 0.0824. The number of nitrogens with one attached hydrogen (secondary N) is 1. The van der Waals surface area contributed by atoms with Crippen molar-refractivity contribution in [1.82, 2.24) is 14.7 Å². The molecule has 3 N–H and O–H groups in total. The van der Waals surface area contributed by atoms with E-state index in [1.165, 1.54) is 193 Å². The van der Waals surface area contributed by atoms with Crippen molar-refractivity contribution in [2.45, 2.75) is 257 Å². The van der Waals surface area contributed by atoms with Crippen molar-refractivity contribution in [1.29, 1.82) is 0 Å². The average Bonchev–Trinajstić information content (AvgIpc) is 3.37. The third kappa shape index (κ3) is 37.2. The molecular formula is C58H114N3O9PS. The molecule has 4 atom stereocenters. The molecule has 0 radical (unpaired) electrons. The van der Waals surface area contributed by atoms with E-state index in [0.29, 0.717) is 49.4 Å². The van der Waals surface area contributed by atoms with Crippen molar-refractivity contribution < 1.29 is 42.4 Å². The fourth-order valence-corrected chi connectivity index (χ4v) is 11.2. The standard InChI is InChI=1S/C42H78O2.C16H36N3O7PS/c1-4-6-8-10-12-13-14-15-16-17-18-19-20-22-26-30-34-41(36-38-42(43,44)39-37-41)35-31-27-23-21-25-29-33-40(3)32-28-24-11-9-7-5-2;1-14-7-8-15(17-9-11-24-19(3)28-26-21-4)16(13-14)18(2)10-12-25-27(20,22-5)23-6/h12-13,15-16,24,28,40,43-44H,4-11,14,17-23,25-27,29-39H2,1-3H3;14-17H,7-13H2,1-6H3/b13-12-,16-15-,28-24-;. The van der Waals surface area contributed by atoms with Gasteiger partial charge >= 0.3 is 7.82 Å². The summed E-state index contributed by atoms with van der Waals surface area (Å²) < 4.78 is 33.1. The van der Waals surface area contributed by atoms with Crippen LogP contribution in [-0.4, -0.2) is 99.2 Å². The third-order valence-corrected chi connectivity index (χ3v) is 17.0. The molecule has 0 saturated heterocycles. The molecule has 2 rings (SSSR count). The summed E-state index contributed by atoms with van der Waals surface area (Å²) in [7, 11) is 4.46. The number of aliphatic hydroxyl groups is 2. The van der Waals surface area contributed by atoms with Gasteiger partial charge in [-0.25, -0.2) is 9.45 Å². The second-order valence-corrected chi connectivity index (χ2v) is 24.2. The molecule has 0 aromatic rings. The summed E-state index contributed by atoms with van der Waals surface area (Å²) in [6.45, 7) is 11.4. The molecule has 2 saturated carbocycles. The highest BCUT2D eigenvalue weighted by Crippen LogP contribution is 2.48. The van der Waals surface area contributed by atoms with E-state index in [2.05, 4.69) is 86.3 Å². The maximum absolute atomic E-state index is 12.0. The molecule has 12 nitrogen and oxygen atoms in total. The highest BCUT2D eigenvalue weighted by atomic mass is 32.2. The Morgan fingerprint density at radius 3 is 1.82 bits per heavy atom. The van der Waals surface area contributed by atoms with E-state index in [1.807, 2.05) is 0 Å². The van der Waals surface area contributed by atoms with Gasteiger partial charge in [-0.05, 0) is 121 Å². The first-order valence-corrected chi connectivity index (χ1v) is 31.4. The molecule has 0 spiro atoms. The number of hydroxylamine groups is 1. The van der Waals surface area contributed by atoms with E-state index in [1.54, 1.807) is 7.05 Å². The van der Waals surface area contributed by atoms with Gasteiger partial charge < -0.3 is 15.5 Å². The average molecular weight is 1060 g/mol. The Balaban J connectivity index is 0.000000795. The maximum Gasteiger partial charge on any atom is 0.474 e. The molecule has 0 aromatic carbocycles. The Morgan fingerprint density at radius 1 is 0.708 bits per heavy atom. The van der Waals surface area contributed by atoms with E-state index in [-0.39, 0.29) is 6.61 Å². The lowest BCUT2D eigenvalue weighted by atomic mass is 9.66. The number of unbranched alkanes of at least 4 members (excludes halogenated alkanes) is 17. The van der Waals surface area contributed by atoms with Gasteiger partial charge in [0.1, 0.15) is 12.2 Å². The smallest absolute Gasteiger partial charge is 0.366 e. The fraction of sp³-hybridized carbons (Fsp3) is 0.897. The van der Waals surface area contributed by atoms with Gasteiger partial charge in [-0.2, -0.15) is 0 Å². The van der Waals surface area contributed by atoms with E-state index < -0.39 is 13.6 Å². The summed E-state index contributed by atoms with van der Waals surface area (Å²) in [5, 5.41) is 24.0. The van der Waals surface area contributed by atoms with Crippen LogP contribution in [0.1, 0.15) is 240 Å². The summed E-state index contributed by atoms with van der Waals surface area (Å²) in [6, 6.07) is 0.718. The van der Waals surface area contributed by atoms with Crippen molar-refractivity contribution in [2.24, 2.45) is 17.3 Å². The lowest BCUT2D eigenvalue weighted by Crippen LogP contribution is -2.53. The number of phosphoric ester groups is 1. The van der Waals surface area contributed by atoms with Crippen molar-refractivity contribution >= 4 is 20.1 Å². The first-order valence-electron chi connectivity index (χ1n) is 29.2. The maximum atomic E-state index is 12.0. The number of nitrogens with zero attached hydrogens (tertiary/aromatic N) is 2. The van der Waals surface area contributed by atoms with Gasteiger partial charge in [0.2, 0.25) is 0 Å². The Hall–Kier alpha value is -0.640. The van der Waals surface area contributed by atoms with Gasteiger partial charge in [-0.15, -0.1) is 8.80 Å². The molecule has 2 aliphatic rings. The predicted octanol–water partition coefficient (Wildman–Crippen LogP) is 16.2. The lowest BCUT2D eigenvalue weighted by molar-refractivity contribution is -0.197. The minimum Gasteiger partial charge on any atom is -0.366 e. The van der Waals surface area contributed by atoms with Crippen LogP contribution in [0.15, 0.2) is 36.5 Å². The predicted molar refractivity (Wildman–Crippen MR) is 304 cm³/mol. The fourth-order valence-electron chi connectivity index (χ4n) is 10.3. The second-order valence-electron chi connectivity index (χ2n) is 21.5. The lowest BCUT2D eigenvalue weighted by Gasteiger charge is -2.42. The van der Waals surface area contributed by atoms with Crippen molar-refractivity contribution in [3.63, 3.8) is 0 Å². The number of rotatable bonds is 45. The topological polar surface area (TPSA) is 131 Å². The van der Waals surface area contributed by atoms with Crippen LogP contribution in [0.2, 0.25) is 0 Å². The monoisotopic (exact) mass is 1060 g/mol. The van der Waals surface area contributed by atoms with E-state index in [4.69, 9.17) is 22.7 Å². The summed E-state index contributed by atoms with van der Waals surface area (Å²) in [4.78, 5) is 12.3. The minimum absolute atomic E-state index is 0.275. The van der Waals surface area contributed by atoms with Crippen molar-refractivity contribution in [3.8, 4) is 0 Å². The molecule has 2 fully saturated rings. The first kappa shape index (κ1) is 69.4. The van der Waals surface area contributed by atoms with E-state index in [0.717, 1.165) is 56.8 Å². The summed E-state index contributed by atoms with van der Waals surface area (Å²) >= 11 is 0.978. The van der Waals surface area contributed by atoms with Crippen molar-refractivity contribution in [3.05, 3.63) is 36.5 Å². The van der Waals surface area contributed by atoms with Gasteiger partial charge in [0.25, 0.3) is 0 Å². The zero-order chi connectivity index (χ0) is 53.0. The van der Waals surface area contributed by atoms with Gasteiger partial charge in [-0.3, -0.25) is 23.3 Å². The molecule has 4 unspecified atom stereocenters. The highest BCUT2D eigenvalue weighted by molar-refractivity contribution is 7.92. The van der Waals surface area contributed by atoms with Gasteiger partial charge in [0.15, 0.2) is 5.79 Å². The van der Waals surface area contributed by atoms with Crippen LogP contribution in [0, 0.1) is 17.3 Å². The molecule has 2 aliphatic carbocycles. The number of phosphoric acid groups is 1. The van der Waals surface area contributed by atoms with E-state index in [9.17, 15) is 14.8 Å². The van der Waals surface area contributed by atoms with E-state index >= 15 is 0 Å². The zero-order valence-electron chi connectivity index (χ0n) is 47.9. The molecule has 426 valence electrons. The number of hydrogen-bond acceptors (Lipinski definition) is 13. The third-order valence-electron chi connectivity index (χ3n) is 15.1. The summed E-state index contributed by atoms with van der Waals surface area (Å²) in [5.41, 5.74) is 0.365. The van der Waals surface area contributed by atoms with Crippen LogP contribution >= 0.6 is 20.1 Å². The SMILES string of the molecule is CCCCC/C=C\C/C=C\CCCCCCCCC1(CCCCCCCCC(C)C/C=C\CCCCC)CCC(O)(O)CC1.COOSN(C)OCCNC1CCC(C)CC1N(C)CCOP(=O)(OC)OC. The Bertz CT molecular complexity index is 1360. The molecular weight excluding hydrogens is 946 g/mol. The number of allylic oxidation sites excluding steroid dienone is 6. The zero-order valence-corrected chi connectivity index (χ0v) is 49.6. The van der Waals surface area contributed by atoms with Crippen LogP contribution in [0.4, 0.5) is 0 Å². The largest absolute Gasteiger partial charge is 0.474 e. The van der Waals surface area contributed by atoms with Crippen molar-refractivity contribution in [2.75, 3.05) is 61.7 Å². The molecule has 0 heterocycles. The minimum atomic E-state index is -3.43. The summed E-state index contributed by atoms with van der Waals surface area (Å²) in [6.07, 6.45) is 55.1. The quantitative estimate of drug-likeness (QED) is 0.00782.